The maximum Gasteiger partial charge on any atom is 0.294 e. The maximum atomic E-state index is 13.8. The minimum atomic E-state index is -0.482. The topological polar surface area (TPSA) is 73.0 Å². The number of rotatable bonds is 5. The van der Waals surface area contributed by atoms with Gasteiger partial charge in [-0.3, -0.25) is 9.48 Å². The van der Waals surface area contributed by atoms with Gasteiger partial charge in [0.2, 0.25) is 5.76 Å². The molecule has 0 saturated carbocycles. The fourth-order valence-corrected chi connectivity index (χ4v) is 2.66. The van der Waals surface area contributed by atoms with Gasteiger partial charge in [-0.25, -0.2) is 4.39 Å². The number of carbonyl (C=O) groups excluding carboxylic acids is 1. The van der Waals surface area contributed by atoms with E-state index in [1.165, 1.54) is 12.1 Å². The van der Waals surface area contributed by atoms with E-state index in [2.05, 4.69) is 15.6 Å². The van der Waals surface area contributed by atoms with Crippen LogP contribution in [0.4, 0.5) is 10.1 Å². The lowest BCUT2D eigenvalue weighted by Crippen LogP contribution is -2.10. The largest absolute Gasteiger partial charge is 0.350 e. The van der Waals surface area contributed by atoms with Crippen molar-refractivity contribution in [1.29, 1.82) is 0 Å². The molecule has 0 radical (unpaired) electrons. The lowest BCUT2D eigenvalue weighted by atomic mass is 10.1. The lowest BCUT2D eigenvalue weighted by Gasteiger charge is -2.01. The van der Waals surface area contributed by atoms with E-state index in [1.54, 1.807) is 35.3 Å². The summed E-state index contributed by atoms with van der Waals surface area (Å²) < 4.78 is 20.6. The number of nitrogens with zero attached hydrogens (tertiary/aromatic N) is 3. The van der Waals surface area contributed by atoms with Crippen LogP contribution in [0.25, 0.3) is 11.3 Å². The Labute approximate surface area is 154 Å². The minimum Gasteiger partial charge on any atom is -0.350 e. The van der Waals surface area contributed by atoms with Gasteiger partial charge in [0.05, 0.1) is 18.4 Å². The van der Waals surface area contributed by atoms with Crippen molar-refractivity contribution in [3.63, 3.8) is 0 Å². The first kappa shape index (κ1) is 16.7. The van der Waals surface area contributed by atoms with Crippen molar-refractivity contribution in [2.75, 3.05) is 5.32 Å². The summed E-state index contributed by atoms with van der Waals surface area (Å²) in [5.41, 5.74) is 2.16. The van der Waals surface area contributed by atoms with Crippen molar-refractivity contribution in [3.05, 3.63) is 90.2 Å². The van der Waals surface area contributed by atoms with Crippen LogP contribution in [0.2, 0.25) is 0 Å². The molecule has 0 saturated heterocycles. The van der Waals surface area contributed by atoms with Crippen molar-refractivity contribution in [1.82, 2.24) is 14.9 Å². The van der Waals surface area contributed by atoms with Crippen LogP contribution in [0.5, 0.6) is 0 Å². The van der Waals surface area contributed by atoms with E-state index in [0.29, 0.717) is 12.2 Å². The lowest BCUT2D eigenvalue weighted by molar-refractivity contribution is 0.0988. The Kier molecular flexibility index (Phi) is 4.49. The highest BCUT2D eigenvalue weighted by molar-refractivity contribution is 6.02. The Morgan fingerprint density at radius 2 is 1.89 bits per heavy atom. The van der Waals surface area contributed by atoms with Crippen molar-refractivity contribution >= 4 is 11.6 Å². The zero-order valence-corrected chi connectivity index (χ0v) is 14.2. The molecule has 0 unspecified atom stereocenters. The van der Waals surface area contributed by atoms with E-state index in [-0.39, 0.29) is 17.0 Å². The molecule has 7 heteroatoms. The number of amides is 1. The van der Waals surface area contributed by atoms with Crippen LogP contribution in [-0.4, -0.2) is 20.8 Å². The fourth-order valence-electron chi connectivity index (χ4n) is 2.66. The van der Waals surface area contributed by atoms with E-state index in [4.69, 9.17) is 4.52 Å². The number of aromatic nitrogens is 3. The standard InChI is InChI=1S/C20H15FN4O2/c21-17-9-5-4-8-16(17)18-10-19(27-24-18)20(26)23-15-11-22-25(13-15)12-14-6-2-1-3-7-14/h1-11,13H,12H2,(H,23,26). The van der Waals surface area contributed by atoms with Gasteiger partial charge >= 0.3 is 0 Å². The highest BCUT2D eigenvalue weighted by Gasteiger charge is 2.16. The van der Waals surface area contributed by atoms with Crippen molar-refractivity contribution in [2.24, 2.45) is 0 Å². The number of nitrogens with one attached hydrogen (secondary N) is 1. The zero-order chi connectivity index (χ0) is 18.6. The summed E-state index contributed by atoms with van der Waals surface area (Å²) in [5, 5.41) is 10.7. The van der Waals surface area contributed by atoms with Crippen LogP contribution in [0, 0.1) is 5.82 Å². The van der Waals surface area contributed by atoms with Gasteiger partial charge in [0.15, 0.2) is 0 Å². The Bertz CT molecular complexity index is 1070. The molecular formula is C20H15FN4O2. The van der Waals surface area contributed by atoms with Gasteiger partial charge in [0.1, 0.15) is 11.5 Å². The molecular weight excluding hydrogens is 347 g/mol. The smallest absolute Gasteiger partial charge is 0.294 e. The van der Waals surface area contributed by atoms with Crippen LogP contribution in [0.3, 0.4) is 0 Å². The zero-order valence-electron chi connectivity index (χ0n) is 14.2. The van der Waals surface area contributed by atoms with Gasteiger partial charge in [-0.1, -0.05) is 47.6 Å². The van der Waals surface area contributed by atoms with Gasteiger partial charge in [-0.05, 0) is 17.7 Å². The third-order valence-electron chi connectivity index (χ3n) is 3.96. The molecule has 6 nitrogen and oxygen atoms in total. The van der Waals surface area contributed by atoms with E-state index in [0.717, 1.165) is 5.56 Å². The maximum absolute atomic E-state index is 13.8. The van der Waals surface area contributed by atoms with Crippen LogP contribution in [0.15, 0.2) is 77.6 Å². The van der Waals surface area contributed by atoms with Crippen LogP contribution < -0.4 is 5.32 Å². The van der Waals surface area contributed by atoms with E-state index >= 15 is 0 Å². The van der Waals surface area contributed by atoms with E-state index in [1.807, 2.05) is 30.3 Å². The highest BCUT2D eigenvalue weighted by Crippen LogP contribution is 2.22. The number of hydrogen-bond acceptors (Lipinski definition) is 4. The molecule has 1 N–H and O–H groups in total. The molecule has 0 fully saturated rings. The van der Waals surface area contributed by atoms with Crippen molar-refractivity contribution in [3.8, 4) is 11.3 Å². The fraction of sp³-hybridized carbons (Fsp3) is 0.0500. The average Bonchev–Trinajstić information content (AvgIpc) is 3.33. The molecule has 27 heavy (non-hydrogen) atoms. The normalized spacial score (nSPS) is 10.7. The minimum absolute atomic E-state index is 0.0101. The summed E-state index contributed by atoms with van der Waals surface area (Å²) in [5.74, 6) is -0.923. The monoisotopic (exact) mass is 362 g/mol. The van der Waals surface area contributed by atoms with E-state index in [9.17, 15) is 9.18 Å². The van der Waals surface area contributed by atoms with Gasteiger partial charge in [0, 0.05) is 17.8 Å². The summed E-state index contributed by atoms with van der Waals surface area (Å²) in [4.78, 5) is 12.3. The molecule has 134 valence electrons. The van der Waals surface area contributed by atoms with Crippen LogP contribution >= 0.6 is 0 Å². The first-order chi connectivity index (χ1) is 13.2. The predicted octanol–water partition coefficient (Wildman–Crippen LogP) is 3.98. The van der Waals surface area contributed by atoms with Crippen LogP contribution in [0.1, 0.15) is 16.1 Å². The Balaban J connectivity index is 1.45. The summed E-state index contributed by atoms with van der Waals surface area (Å²) in [6, 6.07) is 17.4. The van der Waals surface area contributed by atoms with Crippen molar-refractivity contribution < 1.29 is 13.7 Å². The molecule has 0 bridgehead atoms. The first-order valence-electron chi connectivity index (χ1n) is 8.28. The van der Waals surface area contributed by atoms with Gasteiger partial charge in [-0.15, -0.1) is 0 Å². The number of halogens is 1. The Morgan fingerprint density at radius 1 is 1.11 bits per heavy atom. The van der Waals surface area contributed by atoms with Crippen molar-refractivity contribution in [2.45, 2.75) is 6.54 Å². The van der Waals surface area contributed by atoms with Gasteiger partial charge < -0.3 is 9.84 Å². The molecule has 4 aromatic rings. The SMILES string of the molecule is O=C(Nc1cnn(Cc2ccccc2)c1)c1cc(-c2ccccc2F)no1. The summed E-state index contributed by atoms with van der Waals surface area (Å²) in [6.45, 7) is 0.594. The second kappa shape index (κ2) is 7.25. The number of hydrogen-bond donors (Lipinski definition) is 1. The van der Waals surface area contributed by atoms with E-state index < -0.39 is 11.7 Å². The predicted molar refractivity (Wildman–Crippen MR) is 97.6 cm³/mol. The molecule has 0 atom stereocenters. The molecule has 0 aliphatic rings. The van der Waals surface area contributed by atoms with Crippen LogP contribution in [-0.2, 0) is 6.54 Å². The Hall–Kier alpha value is -3.74. The number of anilines is 1. The first-order valence-corrected chi connectivity index (χ1v) is 8.28. The second-order valence-electron chi connectivity index (χ2n) is 5.92. The summed E-state index contributed by atoms with van der Waals surface area (Å²) in [7, 11) is 0. The third kappa shape index (κ3) is 3.77. The summed E-state index contributed by atoms with van der Waals surface area (Å²) >= 11 is 0. The summed E-state index contributed by atoms with van der Waals surface area (Å²) in [6.07, 6.45) is 3.27. The molecule has 0 aliphatic heterocycles. The molecule has 0 spiro atoms. The molecule has 1 amide bonds. The molecule has 4 rings (SSSR count). The molecule has 2 heterocycles. The molecule has 0 aliphatic carbocycles. The van der Waals surface area contributed by atoms with Gasteiger partial charge in [-0.2, -0.15) is 5.10 Å². The number of carbonyl (C=O) groups is 1. The Morgan fingerprint density at radius 3 is 2.70 bits per heavy atom. The number of benzene rings is 2. The van der Waals surface area contributed by atoms with Gasteiger partial charge in [0.25, 0.3) is 5.91 Å². The second-order valence-corrected chi connectivity index (χ2v) is 5.92. The average molecular weight is 362 g/mol. The quantitative estimate of drug-likeness (QED) is 0.583. The molecule has 2 aromatic heterocycles. The third-order valence-corrected chi connectivity index (χ3v) is 3.96. The molecule has 2 aromatic carbocycles. The highest BCUT2D eigenvalue weighted by atomic mass is 19.1.